The standard InChI is InChI=1S/C4H10O.C4H8O.C3H6O2/c1-3-5-4-2;1-3-4(2)5;1-3(4)5-2/h3-4H2,1-2H3;3H2,1-2H3;1-2H3. The molecule has 0 aliphatic heterocycles. The summed E-state index contributed by atoms with van der Waals surface area (Å²) < 4.78 is 8.94. The van der Waals surface area contributed by atoms with E-state index in [-0.39, 0.29) is 11.8 Å². The Kier molecular flexibility index (Phi) is 24.6. The van der Waals surface area contributed by atoms with Gasteiger partial charge in [-0.3, -0.25) is 4.79 Å². The largest absolute Gasteiger partial charge is 0.469 e. The molecule has 0 spiro atoms. The Balaban J connectivity index is -0.000000144. The average Bonchev–Trinajstić information content (AvgIpc) is 2.20. The first-order chi connectivity index (χ1) is 6.95. The van der Waals surface area contributed by atoms with Crippen molar-refractivity contribution in [1.82, 2.24) is 0 Å². The smallest absolute Gasteiger partial charge is 0.302 e. The van der Waals surface area contributed by atoms with Gasteiger partial charge in [0.15, 0.2) is 0 Å². The molecule has 0 bridgehead atoms. The maximum absolute atomic E-state index is 9.81. The molecule has 0 atom stereocenters. The van der Waals surface area contributed by atoms with E-state index in [0.717, 1.165) is 13.2 Å². The Morgan fingerprint density at radius 3 is 1.27 bits per heavy atom. The Morgan fingerprint density at radius 1 is 1.00 bits per heavy atom. The molecular formula is C11H24O4. The topological polar surface area (TPSA) is 52.6 Å². The SMILES string of the molecule is CCC(C)=O.CCOCC.COC(C)=O. The van der Waals surface area contributed by atoms with Crippen LogP contribution in [0.5, 0.6) is 0 Å². The number of hydrogen-bond acceptors (Lipinski definition) is 4. The van der Waals surface area contributed by atoms with E-state index in [0.29, 0.717) is 6.42 Å². The maximum Gasteiger partial charge on any atom is 0.302 e. The van der Waals surface area contributed by atoms with Crippen molar-refractivity contribution in [2.45, 2.75) is 41.0 Å². The summed E-state index contributed by atoms with van der Waals surface area (Å²) in [5, 5.41) is 0. The Labute approximate surface area is 93.0 Å². The zero-order chi connectivity index (χ0) is 12.7. The second-order valence-corrected chi connectivity index (χ2v) is 2.53. The first kappa shape index (κ1) is 19.6. The number of hydrogen-bond donors (Lipinski definition) is 0. The molecule has 0 aliphatic carbocycles. The van der Waals surface area contributed by atoms with E-state index in [9.17, 15) is 9.59 Å². The van der Waals surface area contributed by atoms with Crippen LogP contribution in [0.3, 0.4) is 0 Å². The van der Waals surface area contributed by atoms with Crippen LogP contribution < -0.4 is 0 Å². The second kappa shape index (κ2) is 18.8. The lowest BCUT2D eigenvalue weighted by atomic mass is 10.4. The summed E-state index contributed by atoms with van der Waals surface area (Å²) in [5.74, 6) is 0.00926. The van der Waals surface area contributed by atoms with Crippen molar-refractivity contribution in [2.75, 3.05) is 20.3 Å². The highest BCUT2D eigenvalue weighted by Crippen LogP contribution is 1.71. The summed E-state index contributed by atoms with van der Waals surface area (Å²) in [6, 6.07) is 0. The predicted molar refractivity (Wildman–Crippen MR) is 60.8 cm³/mol. The van der Waals surface area contributed by atoms with Crippen LogP contribution in [0.4, 0.5) is 0 Å². The fourth-order valence-electron chi connectivity index (χ4n) is 0.204. The summed E-state index contributed by atoms with van der Waals surface area (Å²) >= 11 is 0. The van der Waals surface area contributed by atoms with Crippen molar-refractivity contribution in [3.8, 4) is 0 Å². The molecule has 0 aromatic carbocycles. The predicted octanol–water partition coefficient (Wildman–Crippen LogP) is 2.21. The van der Waals surface area contributed by atoms with Crippen LogP contribution in [0.2, 0.25) is 0 Å². The van der Waals surface area contributed by atoms with Crippen LogP contribution in [-0.2, 0) is 19.1 Å². The fourth-order valence-corrected chi connectivity index (χ4v) is 0.204. The number of rotatable bonds is 3. The molecule has 92 valence electrons. The molecule has 0 aromatic heterocycles. The van der Waals surface area contributed by atoms with E-state index in [1.807, 2.05) is 20.8 Å². The molecule has 4 nitrogen and oxygen atoms in total. The molecule has 0 rings (SSSR count). The van der Waals surface area contributed by atoms with E-state index in [2.05, 4.69) is 4.74 Å². The molecule has 0 unspecified atom stereocenters. The molecule has 15 heavy (non-hydrogen) atoms. The Bertz CT molecular complexity index is 128. The fraction of sp³-hybridized carbons (Fsp3) is 0.818. The summed E-state index contributed by atoms with van der Waals surface area (Å²) in [5.41, 5.74) is 0. The summed E-state index contributed by atoms with van der Waals surface area (Å²) in [7, 11) is 1.35. The quantitative estimate of drug-likeness (QED) is 0.684. The lowest BCUT2D eigenvalue weighted by molar-refractivity contribution is -0.137. The highest BCUT2D eigenvalue weighted by Gasteiger charge is 1.77. The van der Waals surface area contributed by atoms with Gasteiger partial charge in [0.05, 0.1) is 7.11 Å². The van der Waals surface area contributed by atoms with Gasteiger partial charge in [-0.15, -0.1) is 0 Å². The highest BCUT2D eigenvalue weighted by molar-refractivity contribution is 5.74. The molecule has 4 heteroatoms. The average molecular weight is 220 g/mol. The van der Waals surface area contributed by atoms with Crippen molar-refractivity contribution in [3.63, 3.8) is 0 Å². The number of esters is 1. The van der Waals surface area contributed by atoms with Crippen LogP contribution in [-0.4, -0.2) is 32.1 Å². The molecule has 0 N–H and O–H groups in total. The summed E-state index contributed by atoms with van der Waals surface area (Å²) in [6.07, 6.45) is 0.667. The van der Waals surface area contributed by atoms with Crippen molar-refractivity contribution in [1.29, 1.82) is 0 Å². The van der Waals surface area contributed by atoms with Crippen molar-refractivity contribution >= 4 is 11.8 Å². The number of carbonyl (C=O) groups is 2. The van der Waals surface area contributed by atoms with Gasteiger partial charge in [0.25, 0.3) is 0 Å². The second-order valence-electron chi connectivity index (χ2n) is 2.53. The van der Waals surface area contributed by atoms with Gasteiger partial charge in [0.2, 0.25) is 0 Å². The zero-order valence-electron chi connectivity index (χ0n) is 10.8. The third kappa shape index (κ3) is 62.1. The van der Waals surface area contributed by atoms with E-state index in [1.54, 1.807) is 6.92 Å². The minimum absolute atomic E-state index is 0.245. The van der Waals surface area contributed by atoms with Crippen LogP contribution in [0.25, 0.3) is 0 Å². The van der Waals surface area contributed by atoms with Crippen LogP contribution in [0.1, 0.15) is 41.0 Å². The van der Waals surface area contributed by atoms with Gasteiger partial charge in [-0.25, -0.2) is 0 Å². The lowest BCUT2D eigenvalue weighted by Gasteiger charge is -1.86. The molecule has 0 heterocycles. The monoisotopic (exact) mass is 220 g/mol. The van der Waals surface area contributed by atoms with Gasteiger partial charge in [-0.1, -0.05) is 6.92 Å². The zero-order valence-corrected chi connectivity index (χ0v) is 10.8. The third-order valence-corrected chi connectivity index (χ3v) is 1.19. The van der Waals surface area contributed by atoms with Crippen molar-refractivity contribution in [2.24, 2.45) is 0 Å². The molecular weight excluding hydrogens is 196 g/mol. The van der Waals surface area contributed by atoms with Crippen molar-refractivity contribution in [3.05, 3.63) is 0 Å². The number of methoxy groups -OCH3 is 1. The highest BCUT2D eigenvalue weighted by atomic mass is 16.5. The summed E-state index contributed by atoms with van der Waals surface area (Å²) in [4.78, 5) is 19.4. The van der Waals surface area contributed by atoms with Gasteiger partial charge < -0.3 is 14.3 Å². The normalized spacial score (nSPS) is 7.60. The first-order valence-corrected chi connectivity index (χ1v) is 5.07. The molecule has 0 saturated carbocycles. The van der Waals surface area contributed by atoms with Crippen LogP contribution in [0.15, 0.2) is 0 Å². The molecule has 0 radical (unpaired) electrons. The van der Waals surface area contributed by atoms with Gasteiger partial charge in [0.1, 0.15) is 5.78 Å². The first-order valence-electron chi connectivity index (χ1n) is 5.07. The Morgan fingerprint density at radius 2 is 1.27 bits per heavy atom. The number of ketones is 1. The van der Waals surface area contributed by atoms with E-state index in [4.69, 9.17) is 4.74 Å². The maximum atomic E-state index is 9.81. The van der Waals surface area contributed by atoms with Gasteiger partial charge >= 0.3 is 5.97 Å². The molecule has 0 aromatic rings. The van der Waals surface area contributed by atoms with Crippen LogP contribution >= 0.6 is 0 Å². The lowest BCUT2D eigenvalue weighted by Crippen LogP contribution is -1.88. The third-order valence-electron chi connectivity index (χ3n) is 1.19. The number of ether oxygens (including phenoxy) is 2. The van der Waals surface area contributed by atoms with E-state index >= 15 is 0 Å². The van der Waals surface area contributed by atoms with Gasteiger partial charge in [-0.05, 0) is 20.8 Å². The molecule has 0 saturated heterocycles. The van der Waals surface area contributed by atoms with E-state index < -0.39 is 0 Å². The van der Waals surface area contributed by atoms with Crippen LogP contribution in [0, 0.1) is 0 Å². The Hall–Kier alpha value is -0.900. The molecule has 0 amide bonds. The van der Waals surface area contributed by atoms with Gasteiger partial charge in [0, 0.05) is 26.6 Å². The van der Waals surface area contributed by atoms with Crippen molar-refractivity contribution < 1.29 is 19.1 Å². The molecule has 0 fully saturated rings. The number of Topliss-reactive ketones (excluding diaryl/α,β-unsaturated/α-hetero) is 1. The number of carbonyl (C=O) groups excluding carboxylic acids is 2. The van der Waals surface area contributed by atoms with Gasteiger partial charge in [-0.2, -0.15) is 0 Å². The minimum Gasteiger partial charge on any atom is -0.469 e. The summed E-state index contributed by atoms with van der Waals surface area (Å²) in [6.45, 7) is 10.5. The van der Waals surface area contributed by atoms with E-state index in [1.165, 1.54) is 14.0 Å². The minimum atomic E-state index is -0.245. The molecule has 0 aliphatic rings.